The molecule has 5 nitrogen and oxygen atoms in total. The number of carbonyl (C=O) groups excluding carboxylic acids is 1. The van der Waals surface area contributed by atoms with Gasteiger partial charge >= 0.3 is 11.9 Å². The lowest BCUT2D eigenvalue weighted by Gasteiger charge is -2.04. The molecule has 0 amide bonds. The normalized spacial score (nSPS) is 9.00. The molecule has 1 aromatic carbocycles. The van der Waals surface area contributed by atoms with Gasteiger partial charge in [-0.15, -0.1) is 0 Å². The van der Waals surface area contributed by atoms with Crippen molar-refractivity contribution in [1.29, 1.82) is 0 Å². The number of methoxy groups -OCH3 is 2. The molecule has 0 heterocycles. The maximum atomic E-state index is 10.9. The molecule has 1 N–H and O–H groups in total. The van der Waals surface area contributed by atoms with Crippen molar-refractivity contribution in [2.75, 3.05) is 14.2 Å². The Bertz CT molecular complexity index is 522. The molecule has 0 saturated heterocycles. The molecule has 0 aromatic heterocycles. The van der Waals surface area contributed by atoms with Crippen LogP contribution in [0.2, 0.25) is 0 Å². The van der Waals surface area contributed by atoms with Crippen LogP contribution in [0, 0.1) is 11.8 Å². The van der Waals surface area contributed by atoms with Crippen LogP contribution in [0.15, 0.2) is 18.2 Å². The van der Waals surface area contributed by atoms with Gasteiger partial charge in [-0.05, 0) is 18.2 Å². The summed E-state index contributed by atoms with van der Waals surface area (Å²) in [4.78, 5) is 21.7. The summed E-state index contributed by atoms with van der Waals surface area (Å²) in [6, 6.07) is 4.47. The van der Waals surface area contributed by atoms with Gasteiger partial charge in [0.1, 0.15) is 17.7 Å². The van der Waals surface area contributed by atoms with Gasteiger partial charge in [-0.2, -0.15) is 0 Å². The molecular weight excluding hydrogens is 236 g/mol. The Kier molecular flexibility index (Phi) is 4.76. The first-order chi connectivity index (χ1) is 8.58. The fourth-order valence-corrected chi connectivity index (χ4v) is 1.24. The first kappa shape index (κ1) is 13.6. The number of aromatic carboxylic acids is 1. The smallest absolute Gasteiger partial charge is 0.339 e. The number of hydrogen-bond donors (Lipinski definition) is 1. The van der Waals surface area contributed by atoms with Crippen molar-refractivity contribution in [3.63, 3.8) is 0 Å². The van der Waals surface area contributed by atoms with Gasteiger partial charge in [-0.3, -0.25) is 4.79 Å². The van der Waals surface area contributed by atoms with Crippen LogP contribution in [0.25, 0.3) is 0 Å². The molecule has 0 aliphatic heterocycles. The molecule has 1 aromatic rings. The highest BCUT2D eigenvalue weighted by Gasteiger charge is 2.10. The van der Waals surface area contributed by atoms with Crippen molar-refractivity contribution >= 4 is 11.9 Å². The lowest BCUT2D eigenvalue weighted by molar-refractivity contribution is -0.139. The number of carbonyl (C=O) groups is 2. The van der Waals surface area contributed by atoms with E-state index in [1.807, 2.05) is 0 Å². The minimum atomic E-state index is -1.07. The van der Waals surface area contributed by atoms with Crippen LogP contribution in [0.4, 0.5) is 0 Å². The van der Waals surface area contributed by atoms with Crippen molar-refractivity contribution in [3.8, 4) is 17.6 Å². The summed E-state index contributed by atoms with van der Waals surface area (Å²) in [7, 11) is 2.67. The zero-order chi connectivity index (χ0) is 13.5. The van der Waals surface area contributed by atoms with E-state index >= 15 is 0 Å². The maximum Gasteiger partial charge on any atom is 0.339 e. The van der Waals surface area contributed by atoms with E-state index in [2.05, 4.69) is 16.6 Å². The summed E-state index contributed by atoms with van der Waals surface area (Å²) in [6.45, 7) is 0. The Morgan fingerprint density at radius 2 is 2.06 bits per heavy atom. The summed E-state index contributed by atoms with van der Waals surface area (Å²) < 4.78 is 9.40. The second-order valence-electron chi connectivity index (χ2n) is 3.27. The lowest BCUT2D eigenvalue weighted by Crippen LogP contribution is -2.00. The van der Waals surface area contributed by atoms with Crippen LogP contribution in [-0.2, 0) is 9.53 Å². The summed E-state index contributed by atoms with van der Waals surface area (Å²) >= 11 is 0. The monoisotopic (exact) mass is 248 g/mol. The molecule has 0 atom stereocenters. The third-order valence-electron chi connectivity index (χ3n) is 2.13. The highest BCUT2D eigenvalue weighted by molar-refractivity contribution is 5.91. The number of ether oxygens (including phenoxy) is 2. The average molecular weight is 248 g/mol. The van der Waals surface area contributed by atoms with Crippen LogP contribution >= 0.6 is 0 Å². The van der Waals surface area contributed by atoms with Gasteiger partial charge in [-0.1, -0.05) is 11.8 Å². The standard InChI is InChI=1S/C13H12O5/c1-17-11-8-9(4-3-5-12(14)18-2)6-7-10(11)13(15)16/h6-8H,5H2,1-2H3,(H,15,16). The van der Waals surface area contributed by atoms with Gasteiger partial charge in [0.25, 0.3) is 0 Å². The van der Waals surface area contributed by atoms with Gasteiger partial charge in [-0.25, -0.2) is 4.79 Å². The summed E-state index contributed by atoms with van der Waals surface area (Å²) in [5.41, 5.74) is 0.636. The minimum Gasteiger partial charge on any atom is -0.496 e. The van der Waals surface area contributed by atoms with E-state index in [1.165, 1.54) is 26.4 Å². The number of esters is 1. The second kappa shape index (κ2) is 6.30. The topological polar surface area (TPSA) is 72.8 Å². The first-order valence-corrected chi connectivity index (χ1v) is 5.05. The van der Waals surface area contributed by atoms with Gasteiger partial charge in [0.2, 0.25) is 0 Å². The van der Waals surface area contributed by atoms with E-state index in [4.69, 9.17) is 9.84 Å². The maximum absolute atomic E-state index is 10.9. The molecule has 0 spiro atoms. The van der Waals surface area contributed by atoms with Crippen molar-refractivity contribution < 1.29 is 24.2 Å². The SMILES string of the molecule is COC(=O)CC#Cc1ccc(C(=O)O)c(OC)c1. The summed E-state index contributed by atoms with van der Waals surface area (Å²) in [5.74, 6) is 4.09. The zero-order valence-corrected chi connectivity index (χ0v) is 10.0. The highest BCUT2D eigenvalue weighted by atomic mass is 16.5. The van der Waals surface area contributed by atoms with Crippen LogP contribution in [0.1, 0.15) is 22.3 Å². The lowest BCUT2D eigenvalue weighted by atomic mass is 10.1. The van der Waals surface area contributed by atoms with Gasteiger partial charge in [0, 0.05) is 5.56 Å². The molecule has 18 heavy (non-hydrogen) atoms. The van der Waals surface area contributed by atoms with Crippen LogP contribution in [0.5, 0.6) is 5.75 Å². The van der Waals surface area contributed by atoms with E-state index < -0.39 is 11.9 Å². The molecule has 0 aliphatic carbocycles. The van der Waals surface area contributed by atoms with E-state index in [1.54, 1.807) is 6.07 Å². The molecule has 0 radical (unpaired) electrons. The molecular formula is C13H12O5. The largest absolute Gasteiger partial charge is 0.496 e. The zero-order valence-electron chi connectivity index (χ0n) is 10.0. The molecule has 1 rings (SSSR count). The molecule has 0 saturated carbocycles. The molecule has 0 fully saturated rings. The Hall–Kier alpha value is -2.48. The molecule has 94 valence electrons. The summed E-state index contributed by atoms with van der Waals surface area (Å²) in [5, 5.41) is 8.89. The average Bonchev–Trinajstić information content (AvgIpc) is 2.37. The number of carboxylic acids is 1. The van der Waals surface area contributed by atoms with E-state index in [9.17, 15) is 9.59 Å². The second-order valence-corrected chi connectivity index (χ2v) is 3.27. The number of rotatable bonds is 3. The predicted octanol–water partition coefficient (Wildman–Crippen LogP) is 1.31. The Labute approximate surface area is 104 Å². The van der Waals surface area contributed by atoms with Gasteiger partial charge < -0.3 is 14.6 Å². The predicted molar refractivity (Wildman–Crippen MR) is 63.5 cm³/mol. The molecule has 0 bridgehead atoms. The number of benzene rings is 1. The quantitative estimate of drug-likeness (QED) is 0.645. The van der Waals surface area contributed by atoms with Gasteiger partial charge in [0.15, 0.2) is 0 Å². The van der Waals surface area contributed by atoms with Crippen LogP contribution < -0.4 is 4.74 Å². The van der Waals surface area contributed by atoms with E-state index in [-0.39, 0.29) is 17.7 Å². The third kappa shape index (κ3) is 3.52. The minimum absolute atomic E-state index is 0.0144. The van der Waals surface area contributed by atoms with Crippen molar-refractivity contribution in [3.05, 3.63) is 29.3 Å². The fraction of sp³-hybridized carbons (Fsp3) is 0.231. The Morgan fingerprint density at radius 1 is 1.33 bits per heavy atom. The summed E-state index contributed by atoms with van der Waals surface area (Å²) in [6.07, 6.45) is -0.0144. The first-order valence-electron chi connectivity index (χ1n) is 5.05. The molecule has 0 unspecified atom stereocenters. The fourth-order valence-electron chi connectivity index (χ4n) is 1.24. The van der Waals surface area contributed by atoms with Crippen LogP contribution in [-0.4, -0.2) is 31.3 Å². The highest BCUT2D eigenvalue weighted by Crippen LogP contribution is 2.19. The van der Waals surface area contributed by atoms with E-state index in [0.29, 0.717) is 5.56 Å². The Morgan fingerprint density at radius 3 is 2.61 bits per heavy atom. The van der Waals surface area contributed by atoms with Crippen molar-refractivity contribution in [2.45, 2.75) is 6.42 Å². The molecule has 5 heteroatoms. The van der Waals surface area contributed by atoms with Crippen LogP contribution in [0.3, 0.4) is 0 Å². The van der Waals surface area contributed by atoms with E-state index in [0.717, 1.165) is 0 Å². The third-order valence-corrected chi connectivity index (χ3v) is 2.13. The Balaban J connectivity index is 2.92. The van der Waals surface area contributed by atoms with Gasteiger partial charge in [0.05, 0.1) is 14.2 Å². The number of hydrogen-bond acceptors (Lipinski definition) is 4. The molecule has 0 aliphatic rings. The number of carboxylic acid groups (broad SMARTS) is 1. The van der Waals surface area contributed by atoms with Crippen molar-refractivity contribution in [2.24, 2.45) is 0 Å². The van der Waals surface area contributed by atoms with Crippen molar-refractivity contribution in [1.82, 2.24) is 0 Å².